The number of carbonyl (C=O) groups excluding carboxylic acids is 1. The second-order valence-electron chi connectivity index (χ2n) is 4.72. The Balaban J connectivity index is 2.52. The number of hydrogen-bond acceptors (Lipinski definition) is 3. The molecule has 1 saturated heterocycles. The lowest BCUT2D eigenvalue weighted by atomic mass is 10.1. The Labute approximate surface area is 103 Å². The molecule has 1 amide bonds. The highest BCUT2D eigenvalue weighted by atomic mass is 16.3. The SMILES string of the molecule is C#CCNC(=O)C(C)N1CCCC1CC(C)O. The molecular weight excluding hydrogens is 216 g/mol. The van der Waals surface area contributed by atoms with Crippen LogP contribution in [0, 0.1) is 12.3 Å². The summed E-state index contributed by atoms with van der Waals surface area (Å²) in [6, 6.07) is 0.135. The monoisotopic (exact) mass is 238 g/mol. The molecule has 0 aromatic carbocycles. The highest BCUT2D eigenvalue weighted by Gasteiger charge is 2.32. The topological polar surface area (TPSA) is 52.6 Å². The molecule has 4 nitrogen and oxygen atoms in total. The molecule has 3 atom stereocenters. The van der Waals surface area contributed by atoms with E-state index in [4.69, 9.17) is 6.42 Å². The van der Waals surface area contributed by atoms with Crippen LogP contribution in [0.25, 0.3) is 0 Å². The van der Waals surface area contributed by atoms with Gasteiger partial charge in [0.25, 0.3) is 0 Å². The maximum Gasteiger partial charge on any atom is 0.237 e. The van der Waals surface area contributed by atoms with Crippen molar-refractivity contribution >= 4 is 5.91 Å². The van der Waals surface area contributed by atoms with Gasteiger partial charge in [-0.15, -0.1) is 6.42 Å². The molecule has 0 bridgehead atoms. The summed E-state index contributed by atoms with van der Waals surface area (Å²) in [4.78, 5) is 14.0. The predicted molar refractivity (Wildman–Crippen MR) is 67.3 cm³/mol. The minimum atomic E-state index is -0.318. The molecule has 2 N–H and O–H groups in total. The molecule has 0 aromatic rings. The molecule has 0 saturated carbocycles. The van der Waals surface area contributed by atoms with Gasteiger partial charge < -0.3 is 10.4 Å². The number of amides is 1. The average Bonchev–Trinajstić information content (AvgIpc) is 2.71. The number of carbonyl (C=O) groups is 1. The number of rotatable bonds is 5. The zero-order valence-corrected chi connectivity index (χ0v) is 10.6. The minimum Gasteiger partial charge on any atom is -0.393 e. The van der Waals surface area contributed by atoms with Crippen LogP contribution >= 0.6 is 0 Å². The smallest absolute Gasteiger partial charge is 0.237 e. The van der Waals surface area contributed by atoms with Crippen LogP contribution in [0.1, 0.15) is 33.1 Å². The Bertz CT molecular complexity index is 296. The first kappa shape index (κ1) is 14.0. The van der Waals surface area contributed by atoms with Crippen LogP contribution in [0.4, 0.5) is 0 Å². The lowest BCUT2D eigenvalue weighted by Crippen LogP contribution is -2.47. The predicted octanol–water partition coefficient (Wildman–Crippen LogP) is 0.360. The van der Waals surface area contributed by atoms with Crippen LogP contribution in [0.2, 0.25) is 0 Å². The van der Waals surface area contributed by atoms with Crippen LogP contribution in [0.5, 0.6) is 0 Å². The summed E-state index contributed by atoms with van der Waals surface area (Å²) in [5, 5.41) is 12.1. The number of aliphatic hydroxyl groups excluding tert-OH is 1. The molecular formula is C13H22N2O2. The van der Waals surface area contributed by atoms with E-state index >= 15 is 0 Å². The van der Waals surface area contributed by atoms with Crippen molar-refractivity contribution in [1.82, 2.24) is 10.2 Å². The van der Waals surface area contributed by atoms with Crippen molar-refractivity contribution in [2.75, 3.05) is 13.1 Å². The quantitative estimate of drug-likeness (QED) is 0.680. The van der Waals surface area contributed by atoms with E-state index in [-0.39, 0.29) is 24.6 Å². The fraction of sp³-hybridized carbons (Fsp3) is 0.769. The zero-order valence-electron chi connectivity index (χ0n) is 10.6. The average molecular weight is 238 g/mol. The summed E-state index contributed by atoms with van der Waals surface area (Å²) in [6.07, 6.45) is 7.66. The molecule has 0 spiro atoms. The summed E-state index contributed by atoms with van der Waals surface area (Å²) in [5.74, 6) is 2.37. The number of likely N-dealkylation sites (tertiary alicyclic amines) is 1. The first-order valence-corrected chi connectivity index (χ1v) is 6.21. The summed E-state index contributed by atoms with van der Waals surface area (Å²) >= 11 is 0. The van der Waals surface area contributed by atoms with E-state index < -0.39 is 0 Å². The van der Waals surface area contributed by atoms with Gasteiger partial charge in [0.15, 0.2) is 0 Å². The number of terminal acetylenes is 1. The van der Waals surface area contributed by atoms with Gasteiger partial charge in [0.05, 0.1) is 18.7 Å². The Morgan fingerprint density at radius 3 is 2.94 bits per heavy atom. The lowest BCUT2D eigenvalue weighted by Gasteiger charge is -2.30. The van der Waals surface area contributed by atoms with Gasteiger partial charge in [0.2, 0.25) is 5.91 Å². The van der Waals surface area contributed by atoms with Crippen LogP contribution < -0.4 is 5.32 Å². The van der Waals surface area contributed by atoms with Crippen molar-refractivity contribution in [1.29, 1.82) is 0 Å². The zero-order chi connectivity index (χ0) is 12.8. The Morgan fingerprint density at radius 1 is 1.65 bits per heavy atom. The van der Waals surface area contributed by atoms with E-state index in [2.05, 4.69) is 16.1 Å². The van der Waals surface area contributed by atoms with Crippen molar-refractivity contribution in [2.24, 2.45) is 0 Å². The largest absolute Gasteiger partial charge is 0.393 e. The molecule has 0 aliphatic carbocycles. The van der Waals surface area contributed by atoms with Gasteiger partial charge in [-0.3, -0.25) is 9.69 Å². The van der Waals surface area contributed by atoms with Gasteiger partial charge in [0.1, 0.15) is 0 Å². The van der Waals surface area contributed by atoms with E-state index in [1.165, 1.54) is 0 Å². The molecule has 1 heterocycles. The normalized spacial score (nSPS) is 24.0. The van der Waals surface area contributed by atoms with Crippen molar-refractivity contribution < 1.29 is 9.90 Å². The van der Waals surface area contributed by atoms with E-state index in [0.29, 0.717) is 6.04 Å². The molecule has 96 valence electrons. The van der Waals surface area contributed by atoms with Gasteiger partial charge in [-0.25, -0.2) is 0 Å². The minimum absolute atomic E-state index is 0.0274. The van der Waals surface area contributed by atoms with Gasteiger partial charge in [-0.05, 0) is 39.7 Å². The van der Waals surface area contributed by atoms with Crippen LogP contribution in [-0.2, 0) is 4.79 Å². The van der Waals surface area contributed by atoms with Crippen LogP contribution in [0.15, 0.2) is 0 Å². The first-order valence-electron chi connectivity index (χ1n) is 6.21. The molecule has 4 heteroatoms. The van der Waals surface area contributed by atoms with Gasteiger partial charge >= 0.3 is 0 Å². The Hall–Kier alpha value is -1.05. The molecule has 1 rings (SSSR count). The van der Waals surface area contributed by atoms with Crippen molar-refractivity contribution in [3.05, 3.63) is 0 Å². The Morgan fingerprint density at radius 2 is 2.35 bits per heavy atom. The number of nitrogens with zero attached hydrogens (tertiary/aromatic N) is 1. The maximum atomic E-state index is 11.8. The third-order valence-electron chi connectivity index (χ3n) is 3.28. The molecule has 1 aliphatic heterocycles. The van der Waals surface area contributed by atoms with Crippen molar-refractivity contribution in [3.63, 3.8) is 0 Å². The second kappa shape index (κ2) is 6.63. The summed E-state index contributed by atoms with van der Waals surface area (Å²) < 4.78 is 0. The second-order valence-corrected chi connectivity index (χ2v) is 4.72. The molecule has 0 radical (unpaired) electrons. The van der Waals surface area contributed by atoms with Gasteiger partial charge in [-0.1, -0.05) is 5.92 Å². The fourth-order valence-corrected chi connectivity index (χ4v) is 2.45. The van der Waals surface area contributed by atoms with Gasteiger partial charge in [0, 0.05) is 6.04 Å². The summed E-state index contributed by atoms with van der Waals surface area (Å²) in [6.45, 7) is 4.88. The highest BCUT2D eigenvalue weighted by molar-refractivity contribution is 5.81. The Kier molecular flexibility index (Phi) is 5.46. The summed E-state index contributed by atoms with van der Waals surface area (Å²) in [7, 11) is 0. The molecule has 1 aliphatic rings. The van der Waals surface area contributed by atoms with Gasteiger partial charge in [-0.2, -0.15) is 0 Å². The maximum absolute atomic E-state index is 11.8. The fourth-order valence-electron chi connectivity index (χ4n) is 2.45. The first-order chi connectivity index (χ1) is 8.06. The van der Waals surface area contributed by atoms with E-state index in [9.17, 15) is 9.90 Å². The van der Waals surface area contributed by atoms with Crippen LogP contribution in [-0.4, -0.2) is 47.2 Å². The molecule has 17 heavy (non-hydrogen) atoms. The van der Waals surface area contributed by atoms with E-state index in [1.807, 2.05) is 6.92 Å². The molecule has 0 aromatic heterocycles. The summed E-state index contributed by atoms with van der Waals surface area (Å²) in [5.41, 5.74) is 0. The standard InChI is InChI=1S/C13H22N2O2/c1-4-7-14-13(17)11(3)15-8-5-6-12(15)9-10(2)16/h1,10-12,16H,5-9H2,2-3H3,(H,14,17). The third-order valence-corrected chi connectivity index (χ3v) is 3.28. The van der Waals surface area contributed by atoms with Crippen molar-refractivity contribution in [3.8, 4) is 12.3 Å². The van der Waals surface area contributed by atoms with E-state index in [0.717, 1.165) is 25.8 Å². The molecule has 1 fully saturated rings. The van der Waals surface area contributed by atoms with Crippen molar-refractivity contribution in [2.45, 2.75) is 51.3 Å². The lowest BCUT2D eigenvalue weighted by molar-refractivity contribution is -0.126. The highest BCUT2D eigenvalue weighted by Crippen LogP contribution is 2.23. The number of nitrogens with one attached hydrogen (secondary N) is 1. The number of hydrogen-bond donors (Lipinski definition) is 2. The number of aliphatic hydroxyl groups is 1. The molecule has 3 unspecified atom stereocenters. The van der Waals surface area contributed by atoms with Crippen LogP contribution in [0.3, 0.4) is 0 Å². The van der Waals surface area contributed by atoms with E-state index in [1.54, 1.807) is 6.92 Å². The third kappa shape index (κ3) is 4.03.